The summed E-state index contributed by atoms with van der Waals surface area (Å²) in [6.07, 6.45) is 0.749. The summed E-state index contributed by atoms with van der Waals surface area (Å²) in [6.45, 7) is 6.18. The van der Waals surface area contributed by atoms with Gasteiger partial charge in [0.25, 0.3) is 0 Å². The smallest absolute Gasteiger partial charge is 0.246 e. The van der Waals surface area contributed by atoms with Gasteiger partial charge in [-0.3, -0.25) is 4.79 Å². The number of rotatable bonds is 3. The van der Waals surface area contributed by atoms with Gasteiger partial charge in [-0.2, -0.15) is 0 Å². The van der Waals surface area contributed by atoms with Crippen molar-refractivity contribution in [2.45, 2.75) is 38.8 Å². The van der Waals surface area contributed by atoms with Gasteiger partial charge in [0.1, 0.15) is 18.0 Å². The SMILES string of the molecule is COCC(=O)N[C@H]1CC(C)(C)Oc2ccc(C)cc21. The number of methoxy groups -OCH3 is 1. The van der Waals surface area contributed by atoms with Crippen molar-refractivity contribution >= 4 is 5.91 Å². The third kappa shape index (κ3) is 3.26. The average molecular weight is 263 g/mol. The van der Waals surface area contributed by atoms with Crippen molar-refractivity contribution in [1.29, 1.82) is 0 Å². The lowest BCUT2D eigenvalue weighted by molar-refractivity contribution is -0.126. The van der Waals surface area contributed by atoms with Crippen LogP contribution in [-0.2, 0) is 9.53 Å². The summed E-state index contributed by atoms with van der Waals surface area (Å²) in [7, 11) is 1.52. The van der Waals surface area contributed by atoms with Crippen molar-refractivity contribution in [2.75, 3.05) is 13.7 Å². The number of amides is 1. The zero-order chi connectivity index (χ0) is 14.0. The lowest BCUT2D eigenvalue weighted by Crippen LogP contribution is -2.42. The van der Waals surface area contributed by atoms with E-state index in [1.807, 2.05) is 32.9 Å². The van der Waals surface area contributed by atoms with Crippen molar-refractivity contribution in [2.24, 2.45) is 0 Å². The molecule has 1 aliphatic rings. The molecular weight excluding hydrogens is 242 g/mol. The zero-order valence-electron chi connectivity index (χ0n) is 11.9. The van der Waals surface area contributed by atoms with Gasteiger partial charge < -0.3 is 14.8 Å². The lowest BCUT2D eigenvalue weighted by Gasteiger charge is -2.38. The maximum atomic E-state index is 11.7. The highest BCUT2D eigenvalue weighted by Gasteiger charge is 2.34. The number of benzene rings is 1. The number of fused-ring (bicyclic) bond motifs is 1. The van der Waals surface area contributed by atoms with E-state index in [9.17, 15) is 4.79 Å². The zero-order valence-corrected chi connectivity index (χ0v) is 11.9. The minimum absolute atomic E-state index is 0.0266. The first-order chi connectivity index (χ1) is 8.91. The molecule has 0 spiro atoms. The molecular formula is C15H21NO3. The van der Waals surface area contributed by atoms with E-state index in [2.05, 4.69) is 11.4 Å². The fourth-order valence-corrected chi connectivity index (χ4v) is 2.47. The van der Waals surface area contributed by atoms with Gasteiger partial charge in [0.05, 0.1) is 6.04 Å². The Labute approximate surface area is 114 Å². The number of carbonyl (C=O) groups is 1. The van der Waals surface area contributed by atoms with Gasteiger partial charge >= 0.3 is 0 Å². The molecule has 4 heteroatoms. The summed E-state index contributed by atoms with van der Waals surface area (Å²) in [5, 5.41) is 3.01. The number of hydrogen-bond donors (Lipinski definition) is 1. The molecule has 19 heavy (non-hydrogen) atoms. The molecule has 0 bridgehead atoms. The molecule has 4 nitrogen and oxygen atoms in total. The van der Waals surface area contributed by atoms with Gasteiger partial charge in [-0.05, 0) is 26.8 Å². The molecule has 0 unspecified atom stereocenters. The van der Waals surface area contributed by atoms with E-state index in [-0.39, 0.29) is 24.2 Å². The number of ether oxygens (including phenoxy) is 2. The highest BCUT2D eigenvalue weighted by molar-refractivity contribution is 5.77. The fourth-order valence-electron chi connectivity index (χ4n) is 2.47. The summed E-state index contributed by atoms with van der Waals surface area (Å²) >= 11 is 0. The van der Waals surface area contributed by atoms with Gasteiger partial charge in [0.2, 0.25) is 5.91 Å². The van der Waals surface area contributed by atoms with Crippen LogP contribution < -0.4 is 10.1 Å². The Hall–Kier alpha value is -1.55. The Bertz CT molecular complexity index is 482. The highest BCUT2D eigenvalue weighted by atomic mass is 16.5. The summed E-state index contributed by atoms with van der Waals surface area (Å²) in [6, 6.07) is 6.04. The van der Waals surface area contributed by atoms with Crippen molar-refractivity contribution in [3.8, 4) is 5.75 Å². The Balaban J connectivity index is 2.28. The molecule has 0 saturated heterocycles. The molecule has 1 aromatic carbocycles. The van der Waals surface area contributed by atoms with Gasteiger partial charge in [-0.15, -0.1) is 0 Å². The van der Waals surface area contributed by atoms with Crippen LogP contribution in [0.2, 0.25) is 0 Å². The summed E-state index contributed by atoms with van der Waals surface area (Å²) in [4.78, 5) is 11.7. The standard InChI is InChI=1S/C15H21NO3/c1-10-5-6-13-11(7-10)12(8-15(2,3)19-13)16-14(17)9-18-4/h5-7,12H,8-9H2,1-4H3,(H,16,17)/t12-/m0/s1. The molecule has 1 N–H and O–H groups in total. The van der Waals surface area contributed by atoms with Gasteiger partial charge in [0, 0.05) is 19.1 Å². The van der Waals surface area contributed by atoms with Crippen molar-refractivity contribution < 1.29 is 14.3 Å². The second-order valence-corrected chi connectivity index (χ2v) is 5.66. The van der Waals surface area contributed by atoms with Crippen LogP contribution in [0.15, 0.2) is 18.2 Å². The summed E-state index contributed by atoms with van der Waals surface area (Å²) in [5.41, 5.74) is 1.92. The molecule has 0 radical (unpaired) electrons. The predicted molar refractivity (Wildman–Crippen MR) is 73.3 cm³/mol. The highest BCUT2D eigenvalue weighted by Crippen LogP contribution is 2.39. The third-order valence-electron chi connectivity index (χ3n) is 3.23. The van der Waals surface area contributed by atoms with Gasteiger partial charge in [-0.25, -0.2) is 0 Å². The normalized spacial score (nSPS) is 20.3. The molecule has 1 heterocycles. The second-order valence-electron chi connectivity index (χ2n) is 5.66. The largest absolute Gasteiger partial charge is 0.487 e. The van der Waals surface area contributed by atoms with Crippen LogP contribution in [-0.4, -0.2) is 25.2 Å². The third-order valence-corrected chi connectivity index (χ3v) is 3.23. The fraction of sp³-hybridized carbons (Fsp3) is 0.533. The van der Waals surface area contributed by atoms with Crippen molar-refractivity contribution in [3.63, 3.8) is 0 Å². The van der Waals surface area contributed by atoms with Crippen LogP contribution in [0.1, 0.15) is 37.4 Å². The first kappa shape index (κ1) is 13.9. The predicted octanol–water partition coefficient (Wildman–Crippen LogP) is 2.36. The van der Waals surface area contributed by atoms with E-state index >= 15 is 0 Å². The van der Waals surface area contributed by atoms with Gasteiger partial charge in [0.15, 0.2) is 0 Å². The minimum atomic E-state index is -0.284. The molecule has 104 valence electrons. The van der Waals surface area contributed by atoms with Crippen LogP contribution in [0.3, 0.4) is 0 Å². The van der Waals surface area contributed by atoms with E-state index in [4.69, 9.17) is 9.47 Å². The maximum Gasteiger partial charge on any atom is 0.246 e. The number of nitrogens with one attached hydrogen (secondary N) is 1. The van der Waals surface area contributed by atoms with Crippen LogP contribution in [0.4, 0.5) is 0 Å². The molecule has 0 aromatic heterocycles. The van der Waals surface area contributed by atoms with E-state index in [0.717, 1.165) is 23.3 Å². The number of carbonyl (C=O) groups excluding carboxylic acids is 1. The molecule has 0 aliphatic carbocycles. The van der Waals surface area contributed by atoms with Gasteiger partial charge in [-0.1, -0.05) is 17.7 Å². The van der Waals surface area contributed by atoms with Crippen molar-refractivity contribution in [1.82, 2.24) is 5.32 Å². The van der Waals surface area contributed by atoms with Crippen LogP contribution in [0.25, 0.3) is 0 Å². The summed E-state index contributed by atoms with van der Waals surface area (Å²) in [5.74, 6) is 0.752. The lowest BCUT2D eigenvalue weighted by atomic mass is 9.89. The molecule has 1 aromatic rings. The topological polar surface area (TPSA) is 47.6 Å². The Kier molecular flexibility index (Phi) is 3.80. The first-order valence-electron chi connectivity index (χ1n) is 6.49. The van der Waals surface area contributed by atoms with E-state index < -0.39 is 0 Å². The summed E-state index contributed by atoms with van der Waals surface area (Å²) < 4.78 is 10.8. The van der Waals surface area contributed by atoms with Crippen LogP contribution >= 0.6 is 0 Å². The molecule has 1 atom stereocenters. The molecule has 1 aliphatic heterocycles. The minimum Gasteiger partial charge on any atom is -0.487 e. The maximum absolute atomic E-state index is 11.7. The molecule has 1 amide bonds. The molecule has 2 rings (SSSR count). The Morgan fingerprint density at radius 1 is 1.53 bits per heavy atom. The quantitative estimate of drug-likeness (QED) is 0.910. The van der Waals surface area contributed by atoms with E-state index in [1.165, 1.54) is 7.11 Å². The molecule has 0 fully saturated rings. The number of aryl methyl sites for hydroxylation is 1. The second kappa shape index (κ2) is 5.21. The van der Waals surface area contributed by atoms with E-state index in [1.54, 1.807) is 0 Å². The molecule has 0 saturated carbocycles. The first-order valence-corrected chi connectivity index (χ1v) is 6.49. The Morgan fingerprint density at radius 3 is 2.95 bits per heavy atom. The van der Waals surface area contributed by atoms with Crippen LogP contribution in [0, 0.1) is 6.92 Å². The Morgan fingerprint density at radius 2 is 2.26 bits per heavy atom. The van der Waals surface area contributed by atoms with Crippen molar-refractivity contribution in [3.05, 3.63) is 29.3 Å². The number of hydrogen-bond acceptors (Lipinski definition) is 3. The van der Waals surface area contributed by atoms with E-state index in [0.29, 0.717) is 0 Å². The average Bonchev–Trinajstić information content (AvgIpc) is 2.29. The van der Waals surface area contributed by atoms with Crippen LogP contribution in [0.5, 0.6) is 5.75 Å². The monoisotopic (exact) mass is 263 g/mol.